The van der Waals surface area contributed by atoms with Gasteiger partial charge in [0.1, 0.15) is 0 Å². The van der Waals surface area contributed by atoms with Gasteiger partial charge < -0.3 is 10.2 Å². The molecule has 0 saturated heterocycles. The highest BCUT2D eigenvalue weighted by molar-refractivity contribution is 5.77. The summed E-state index contributed by atoms with van der Waals surface area (Å²) in [6, 6.07) is 21.2. The van der Waals surface area contributed by atoms with Crippen molar-refractivity contribution >= 4 is 0 Å². The maximum Gasteiger partial charge on any atom is 0.157 e. The summed E-state index contributed by atoms with van der Waals surface area (Å²) < 4.78 is 0. The van der Waals surface area contributed by atoms with E-state index in [1.54, 1.807) is 0 Å². The smallest absolute Gasteiger partial charge is 0.157 e. The Kier molecular flexibility index (Phi) is 2.49. The van der Waals surface area contributed by atoms with Gasteiger partial charge in [-0.2, -0.15) is 0 Å². The number of rotatable bonds is 0. The molecule has 4 atom stereocenters. The molecule has 3 aliphatic rings. The molecule has 0 aliphatic heterocycles. The molecule has 0 saturated carbocycles. The van der Waals surface area contributed by atoms with Crippen molar-refractivity contribution in [3.05, 3.63) is 94.0 Å². The van der Waals surface area contributed by atoms with Crippen molar-refractivity contribution in [1.29, 1.82) is 0 Å². The predicted molar refractivity (Wildman–Crippen MR) is 110 cm³/mol. The van der Waals surface area contributed by atoms with E-state index in [2.05, 4.69) is 76.2 Å². The molecule has 0 bridgehead atoms. The Hall–Kier alpha value is -2.74. The molecule has 0 heterocycles. The quantitative estimate of drug-likeness (QED) is 0.524. The van der Waals surface area contributed by atoms with Crippen LogP contribution in [-0.2, 0) is 16.2 Å². The standard InChI is InChI=1S/C26H24O2/c1-23-15-9-5-7-11-17(15)24(2)19-13-21(27)22(28)14-20(19)25(3,26(23,24)4)18-12-8-6-10-16(18)23/h5-14,27-28H,1-4H3/t23?,24-,25+,26?. The van der Waals surface area contributed by atoms with E-state index in [1.807, 2.05) is 12.1 Å². The lowest BCUT2D eigenvalue weighted by Crippen LogP contribution is -2.51. The second-order valence-corrected chi connectivity index (χ2v) is 9.48. The average Bonchev–Trinajstić information content (AvgIpc) is 3.05. The summed E-state index contributed by atoms with van der Waals surface area (Å²) in [6.07, 6.45) is 0. The van der Waals surface area contributed by atoms with Crippen molar-refractivity contribution < 1.29 is 10.2 Å². The fraction of sp³-hybridized carbons (Fsp3) is 0.308. The van der Waals surface area contributed by atoms with Gasteiger partial charge in [0.05, 0.1) is 0 Å². The molecule has 2 nitrogen and oxygen atoms in total. The van der Waals surface area contributed by atoms with Crippen LogP contribution in [0.2, 0.25) is 0 Å². The van der Waals surface area contributed by atoms with E-state index in [9.17, 15) is 10.2 Å². The van der Waals surface area contributed by atoms with Crippen LogP contribution in [0, 0.1) is 5.41 Å². The summed E-state index contributed by atoms with van der Waals surface area (Å²) in [5.74, 6) is -0.0713. The highest BCUT2D eigenvalue weighted by Gasteiger charge is 2.79. The van der Waals surface area contributed by atoms with Crippen molar-refractivity contribution in [3.63, 3.8) is 0 Å². The van der Waals surface area contributed by atoms with E-state index in [1.165, 1.54) is 22.3 Å². The van der Waals surface area contributed by atoms with E-state index in [0.717, 1.165) is 11.1 Å². The molecule has 2 N–H and O–H groups in total. The van der Waals surface area contributed by atoms with Gasteiger partial charge in [0.25, 0.3) is 0 Å². The van der Waals surface area contributed by atoms with Crippen LogP contribution in [-0.4, -0.2) is 10.2 Å². The molecule has 2 unspecified atom stereocenters. The Bertz CT molecular complexity index is 1120. The molecule has 0 fully saturated rings. The fourth-order valence-electron chi connectivity index (χ4n) is 7.67. The first-order valence-corrected chi connectivity index (χ1v) is 10.0. The molecule has 28 heavy (non-hydrogen) atoms. The van der Waals surface area contributed by atoms with E-state index < -0.39 is 0 Å². The van der Waals surface area contributed by atoms with E-state index in [4.69, 9.17) is 0 Å². The van der Waals surface area contributed by atoms with Crippen molar-refractivity contribution in [1.82, 2.24) is 0 Å². The van der Waals surface area contributed by atoms with Gasteiger partial charge in [-0.3, -0.25) is 0 Å². The third-order valence-electron chi connectivity index (χ3n) is 9.20. The first-order valence-electron chi connectivity index (χ1n) is 10.0. The molecule has 0 radical (unpaired) electrons. The highest BCUT2D eigenvalue weighted by Crippen LogP contribution is 2.82. The molecule has 140 valence electrons. The van der Waals surface area contributed by atoms with Gasteiger partial charge in [-0.25, -0.2) is 0 Å². The SMILES string of the molecule is CC12c3ccccc3[C@@]3(C)c4cc(O)c(O)cc4[C@@](C)(c4ccccc41)C23C. The van der Waals surface area contributed by atoms with E-state index in [0.29, 0.717) is 0 Å². The molecular weight excluding hydrogens is 344 g/mol. The van der Waals surface area contributed by atoms with Gasteiger partial charge in [0.2, 0.25) is 0 Å². The van der Waals surface area contributed by atoms with Crippen LogP contribution in [0.4, 0.5) is 0 Å². The minimum atomic E-state index is -0.271. The Morgan fingerprint density at radius 1 is 0.500 bits per heavy atom. The van der Waals surface area contributed by atoms with Crippen molar-refractivity contribution in [2.24, 2.45) is 5.41 Å². The number of aromatic hydroxyl groups is 2. The third-order valence-corrected chi connectivity index (χ3v) is 9.20. The summed E-state index contributed by atoms with van der Waals surface area (Å²) in [5, 5.41) is 20.8. The van der Waals surface area contributed by atoms with Gasteiger partial charge in [-0.1, -0.05) is 76.2 Å². The van der Waals surface area contributed by atoms with Gasteiger partial charge in [-0.05, 0) is 45.5 Å². The predicted octanol–water partition coefficient (Wildman–Crippen LogP) is 5.36. The lowest BCUT2D eigenvalue weighted by atomic mass is 9.52. The highest BCUT2D eigenvalue weighted by atomic mass is 16.3. The third kappa shape index (κ3) is 1.19. The van der Waals surface area contributed by atoms with Crippen LogP contribution in [0.25, 0.3) is 0 Å². The Labute approximate surface area is 165 Å². The lowest BCUT2D eigenvalue weighted by Gasteiger charge is -2.49. The number of phenolic OH excluding ortho intramolecular Hbond substituents is 2. The number of phenols is 2. The van der Waals surface area contributed by atoms with Gasteiger partial charge in [0, 0.05) is 21.7 Å². The zero-order valence-corrected chi connectivity index (χ0v) is 16.7. The second-order valence-electron chi connectivity index (χ2n) is 9.48. The van der Waals surface area contributed by atoms with Gasteiger partial charge in [0.15, 0.2) is 11.5 Å². The van der Waals surface area contributed by atoms with Crippen LogP contribution in [0.15, 0.2) is 60.7 Å². The normalized spacial score (nSPS) is 36.0. The minimum Gasteiger partial charge on any atom is -0.504 e. The Balaban J connectivity index is 1.92. The molecular formula is C26H24O2. The van der Waals surface area contributed by atoms with Crippen LogP contribution in [0.3, 0.4) is 0 Å². The van der Waals surface area contributed by atoms with Gasteiger partial charge in [-0.15, -0.1) is 0 Å². The summed E-state index contributed by atoms with van der Waals surface area (Å²) >= 11 is 0. The van der Waals surface area contributed by atoms with Crippen LogP contribution in [0.1, 0.15) is 61.1 Å². The summed E-state index contributed by atoms with van der Waals surface area (Å²) in [7, 11) is 0. The lowest BCUT2D eigenvalue weighted by molar-refractivity contribution is 0.0996. The summed E-state index contributed by atoms with van der Waals surface area (Å²) in [6.45, 7) is 9.49. The van der Waals surface area contributed by atoms with Crippen LogP contribution >= 0.6 is 0 Å². The molecule has 0 amide bonds. The Morgan fingerprint density at radius 3 is 1.11 bits per heavy atom. The maximum absolute atomic E-state index is 10.4. The topological polar surface area (TPSA) is 40.5 Å². The van der Waals surface area contributed by atoms with E-state index >= 15 is 0 Å². The van der Waals surface area contributed by atoms with Crippen molar-refractivity contribution in [2.75, 3.05) is 0 Å². The summed E-state index contributed by atoms with van der Waals surface area (Å²) in [4.78, 5) is 0. The first kappa shape index (κ1) is 16.2. The zero-order chi connectivity index (χ0) is 19.7. The van der Waals surface area contributed by atoms with E-state index in [-0.39, 0.29) is 33.2 Å². The van der Waals surface area contributed by atoms with Crippen molar-refractivity contribution in [2.45, 2.75) is 43.9 Å². The van der Waals surface area contributed by atoms with Crippen molar-refractivity contribution in [3.8, 4) is 11.5 Å². The minimum absolute atomic E-state index is 0.0356. The monoisotopic (exact) mass is 368 g/mol. The molecule has 3 aromatic carbocycles. The van der Waals surface area contributed by atoms with Crippen LogP contribution < -0.4 is 0 Å². The molecule has 3 aromatic rings. The number of hydrogen-bond donors (Lipinski definition) is 2. The van der Waals surface area contributed by atoms with Gasteiger partial charge >= 0.3 is 0 Å². The molecule has 3 aliphatic carbocycles. The first-order chi connectivity index (χ1) is 13.2. The number of fused-ring (bicyclic) bond motifs is 9. The molecule has 0 aromatic heterocycles. The zero-order valence-electron chi connectivity index (χ0n) is 16.7. The Morgan fingerprint density at radius 2 is 0.786 bits per heavy atom. The maximum atomic E-state index is 10.4. The number of benzene rings is 3. The fourth-order valence-corrected chi connectivity index (χ4v) is 7.67. The second kappa shape index (κ2) is 4.30. The molecule has 6 rings (SSSR count). The molecule has 0 spiro atoms. The average molecular weight is 368 g/mol. The number of hydrogen-bond acceptors (Lipinski definition) is 2. The van der Waals surface area contributed by atoms with Crippen LogP contribution in [0.5, 0.6) is 11.5 Å². The summed E-state index contributed by atoms with van der Waals surface area (Å²) in [5.41, 5.74) is 6.85. The largest absolute Gasteiger partial charge is 0.504 e. The molecule has 2 heteroatoms.